The van der Waals surface area contributed by atoms with Gasteiger partial charge in [0.25, 0.3) is 0 Å². The lowest BCUT2D eigenvalue weighted by Gasteiger charge is -2.26. The first-order valence-corrected chi connectivity index (χ1v) is 14.7. The van der Waals surface area contributed by atoms with Gasteiger partial charge in [-0.2, -0.15) is 8.61 Å². The van der Waals surface area contributed by atoms with E-state index >= 15 is 0 Å². The van der Waals surface area contributed by atoms with Crippen molar-refractivity contribution < 1.29 is 16.8 Å². The van der Waals surface area contributed by atoms with Crippen LogP contribution in [0.2, 0.25) is 0 Å². The summed E-state index contributed by atoms with van der Waals surface area (Å²) in [5.41, 5.74) is 0. The van der Waals surface area contributed by atoms with E-state index in [2.05, 4.69) is 0 Å². The molecule has 0 radical (unpaired) electrons. The van der Waals surface area contributed by atoms with Crippen molar-refractivity contribution in [3.63, 3.8) is 0 Å². The molecule has 3 heterocycles. The monoisotopic (exact) mass is 496 g/mol. The van der Waals surface area contributed by atoms with Crippen LogP contribution in [0.1, 0.15) is 29.0 Å². The van der Waals surface area contributed by atoms with Gasteiger partial charge in [-0.15, -0.1) is 22.7 Å². The smallest absolute Gasteiger partial charge is 0.207 e. The summed E-state index contributed by atoms with van der Waals surface area (Å²) in [6.45, 7) is 1.56. The molecule has 6 nitrogen and oxygen atoms in total. The Morgan fingerprint density at radius 1 is 0.742 bits per heavy atom. The second kappa shape index (κ2) is 9.51. The predicted molar refractivity (Wildman–Crippen MR) is 124 cm³/mol. The van der Waals surface area contributed by atoms with E-state index in [1.807, 2.05) is 35.0 Å². The fourth-order valence-corrected chi connectivity index (χ4v) is 8.08. The van der Waals surface area contributed by atoms with E-state index in [-0.39, 0.29) is 22.9 Å². The average Bonchev–Trinajstić information content (AvgIpc) is 3.48. The number of thiophene rings is 2. The highest BCUT2D eigenvalue weighted by atomic mass is 32.2. The quantitative estimate of drug-likeness (QED) is 0.464. The molecule has 10 heteroatoms. The third-order valence-corrected chi connectivity index (χ3v) is 10.7. The van der Waals surface area contributed by atoms with Crippen molar-refractivity contribution in [3.05, 3.63) is 69.0 Å². The van der Waals surface area contributed by atoms with Gasteiger partial charge in [0.2, 0.25) is 20.0 Å². The van der Waals surface area contributed by atoms with Crippen LogP contribution in [0.5, 0.6) is 0 Å². The number of hydrogen-bond acceptors (Lipinski definition) is 6. The van der Waals surface area contributed by atoms with E-state index in [1.54, 1.807) is 0 Å². The third-order valence-electron chi connectivity index (χ3n) is 5.24. The minimum Gasteiger partial charge on any atom is -0.207 e. The Balaban J connectivity index is 1.60. The summed E-state index contributed by atoms with van der Waals surface area (Å²) in [7, 11) is -7.40. The number of rotatable bonds is 8. The zero-order chi connectivity index (χ0) is 21.9. The molecule has 0 unspecified atom stereocenters. The van der Waals surface area contributed by atoms with Crippen LogP contribution in [0.15, 0.2) is 69.1 Å². The van der Waals surface area contributed by atoms with Crippen molar-refractivity contribution in [2.75, 3.05) is 13.1 Å². The Morgan fingerprint density at radius 2 is 1.26 bits per heavy atom. The normalized spacial score (nSPS) is 16.0. The Hall–Kier alpha value is -1.56. The van der Waals surface area contributed by atoms with Gasteiger partial charge in [0, 0.05) is 35.9 Å². The lowest BCUT2D eigenvalue weighted by atomic mass is 10.2. The predicted octanol–water partition coefficient (Wildman–Crippen LogP) is 4.38. The fourth-order valence-electron chi connectivity index (χ4n) is 3.57. The molecule has 1 aromatic carbocycles. The van der Waals surface area contributed by atoms with Crippen molar-refractivity contribution in [2.24, 2.45) is 0 Å². The molecule has 166 valence electrons. The number of sulfonamides is 2. The number of benzene rings is 1. The van der Waals surface area contributed by atoms with Gasteiger partial charge in [-0.05, 0) is 60.0 Å². The van der Waals surface area contributed by atoms with Crippen LogP contribution in [0.4, 0.5) is 0 Å². The van der Waals surface area contributed by atoms with Crippen LogP contribution in [-0.2, 0) is 33.1 Å². The first-order chi connectivity index (χ1) is 14.9. The third kappa shape index (κ3) is 5.10. The second-order valence-electron chi connectivity index (χ2n) is 7.37. The lowest BCUT2D eigenvalue weighted by Crippen LogP contribution is -2.35. The maximum absolute atomic E-state index is 13.4. The number of nitrogens with zero attached hydrogens (tertiary/aromatic N) is 2. The standard InChI is InChI=1S/C21H24N2O4S4/c24-30(25,22-12-2-1-3-13-22)20-8-10-21(11-9-20)31(26,27)23(16-18-6-4-14-28-18)17-19-7-5-15-29-19/h4-11,14-15H,1-3,12-13,16-17H2. The van der Waals surface area contributed by atoms with Crippen molar-refractivity contribution >= 4 is 42.7 Å². The molecule has 3 aromatic rings. The first kappa shape index (κ1) is 22.6. The molecular formula is C21H24N2O4S4. The van der Waals surface area contributed by atoms with E-state index < -0.39 is 20.0 Å². The molecule has 0 N–H and O–H groups in total. The second-order valence-corrected chi connectivity index (χ2v) is 13.3. The molecule has 1 saturated heterocycles. The molecule has 31 heavy (non-hydrogen) atoms. The fraction of sp³-hybridized carbons (Fsp3) is 0.333. The van der Waals surface area contributed by atoms with Gasteiger partial charge in [0.05, 0.1) is 9.79 Å². The summed E-state index contributed by atoms with van der Waals surface area (Å²) in [5, 5.41) is 3.84. The van der Waals surface area contributed by atoms with Gasteiger partial charge >= 0.3 is 0 Å². The number of hydrogen-bond donors (Lipinski definition) is 0. The summed E-state index contributed by atoms with van der Waals surface area (Å²) < 4.78 is 55.5. The zero-order valence-electron chi connectivity index (χ0n) is 16.9. The molecule has 4 rings (SSSR count). The summed E-state index contributed by atoms with van der Waals surface area (Å²) in [5.74, 6) is 0. The summed E-state index contributed by atoms with van der Waals surface area (Å²) in [4.78, 5) is 2.13. The van der Waals surface area contributed by atoms with Crippen LogP contribution in [0.3, 0.4) is 0 Å². The molecule has 2 aromatic heterocycles. The van der Waals surface area contributed by atoms with Crippen molar-refractivity contribution in [1.29, 1.82) is 0 Å². The SMILES string of the molecule is O=S(=O)(c1ccc(S(=O)(=O)N(Cc2cccs2)Cc2cccs2)cc1)N1CCCCC1. The minimum atomic E-state index is -3.80. The lowest BCUT2D eigenvalue weighted by molar-refractivity contribution is 0.346. The van der Waals surface area contributed by atoms with Crippen molar-refractivity contribution in [1.82, 2.24) is 8.61 Å². The molecule has 0 saturated carbocycles. The topological polar surface area (TPSA) is 74.8 Å². The maximum Gasteiger partial charge on any atom is 0.243 e. The van der Waals surface area contributed by atoms with Crippen LogP contribution < -0.4 is 0 Å². The van der Waals surface area contributed by atoms with Gasteiger partial charge in [-0.25, -0.2) is 16.8 Å². The van der Waals surface area contributed by atoms with E-state index in [1.165, 1.54) is 55.5 Å². The van der Waals surface area contributed by atoms with Gasteiger partial charge in [-0.1, -0.05) is 18.6 Å². The van der Waals surface area contributed by atoms with Crippen LogP contribution >= 0.6 is 22.7 Å². The van der Waals surface area contributed by atoms with E-state index in [9.17, 15) is 16.8 Å². The Labute approximate surface area is 191 Å². The molecule has 1 aliphatic heterocycles. The Bertz CT molecular complexity index is 1140. The van der Waals surface area contributed by atoms with Crippen LogP contribution in [-0.4, -0.2) is 38.5 Å². The van der Waals surface area contributed by atoms with Crippen molar-refractivity contribution in [3.8, 4) is 0 Å². The van der Waals surface area contributed by atoms with E-state index in [0.29, 0.717) is 13.1 Å². The van der Waals surface area contributed by atoms with Gasteiger partial charge < -0.3 is 0 Å². The molecule has 0 spiro atoms. The van der Waals surface area contributed by atoms with Gasteiger partial charge in [-0.3, -0.25) is 0 Å². The van der Waals surface area contributed by atoms with Crippen LogP contribution in [0.25, 0.3) is 0 Å². The minimum absolute atomic E-state index is 0.0956. The summed E-state index contributed by atoms with van der Waals surface area (Å²) in [6, 6.07) is 13.2. The number of piperidine rings is 1. The molecule has 0 bridgehead atoms. The van der Waals surface area contributed by atoms with E-state index in [0.717, 1.165) is 29.0 Å². The van der Waals surface area contributed by atoms with Crippen molar-refractivity contribution in [2.45, 2.75) is 42.1 Å². The molecular weight excluding hydrogens is 473 g/mol. The molecule has 0 aliphatic carbocycles. The van der Waals surface area contributed by atoms with Crippen LogP contribution in [0, 0.1) is 0 Å². The first-order valence-electron chi connectivity index (χ1n) is 10.0. The highest BCUT2D eigenvalue weighted by Crippen LogP contribution is 2.26. The Morgan fingerprint density at radius 3 is 1.74 bits per heavy atom. The summed E-state index contributed by atoms with van der Waals surface area (Å²) in [6.07, 6.45) is 2.74. The van der Waals surface area contributed by atoms with E-state index in [4.69, 9.17) is 0 Å². The molecule has 1 aliphatic rings. The highest BCUT2D eigenvalue weighted by Gasteiger charge is 2.29. The average molecular weight is 497 g/mol. The highest BCUT2D eigenvalue weighted by molar-refractivity contribution is 7.89. The van der Waals surface area contributed by atoms with Gasteiger partial charge in [0.1, 0.15) is 0 Å². The molecule has 0 atom stereocenters. The Kier molecular flexibility index (Phi) is 6.95. The molecule has 0 amide bonds. The maximum atomic E-state index is 13.4. The summed E-state index contributed by atoms with van der Waals surface area (Å²) >= 11 is 3.02. The largest absolute Gasteiger partial charge is 0.243 e. The molecule has 1 fully saturated rings. The van der Waals surface area contributed by atoms with Gasteiger partial charge in [0.15, 0.2) is 0 Å². The zero-order valence-corrected chi connectivity index (χ0v) is 20.1.